The van der Waals surface area contributed by atoms with E-state index in [9.17, 15) is 4.79 Å². The van der Waals surface area contributed by atoms with Crippen LogP contribution >= 0.6 is 0 Å². The molecule has 0 spiro atoms. The monoisotopic (exact) mass is 257 g/mol. The second-order valence-electron chi connectivity index (χ2n) is 3.88. The van der Waals surface area contributed by atoms with Crippen LogP contribution in [0.4, 0.5) is 5.95 Å². The maximum Gasteiger partial charge on any atom is 0.307 e. The van der Waals surface area contributed by atoms with Crippen LogP contribution in [-0.4, -0.2) is 29.6 Å². The summed E-state index contributed by atoms with van der Waals surface area (Å²) in [6, 6.07) is 11.7. The molecule has 0 fully saturated rings. The molecule has 5 heteroatoms. The lowest BCUT2D eigenvalue weighted by atomic mass is 10.1. The summed E-state index contributed by atoms with van der Waals surface area (Å²) in [5.74, 6) is 0.247. The van der Waals surface area contributed by atoms with E-state index >= 15 is 0 Å². The second kappa shape index (κ2) is 6.49. The van der Waals surface area contributed by atoms with Crippen molar-refractivity contribution in [2.24, 2.45) is 0 Å². The van der Waals surface area contributed by atoms with Crippen LogP contribution in [-0.2, 0) is 9.53 Å². The minimum Gasteiger partial charge on any atom is -0.469 e. The molecule has 1 heterocycles. The van der Waals surface area contributed by atoms with Crippen molar-refractivity contribution < 1.29 is 9.53 Å². The van der Waals surface area contributed by atoms with Gasteiger partial charge < -0.3 is 10.1 Å². The highest BCUT2D eigenvalue weighted by Gasteiger charge is 2.03. The fourth-order valence-electron chi connectivity index (χ4n) is 1.59. The second-order valence-corrected chi connectivity index (χ2v) is 3.88. The summed E-state index contributed by atoms with van der Waals surface area (Å²) in [6.07, 6.45) is 1.98. The van der Waals surface area contributed by atoms with E-state index in [1.54, 1.807) is 6.20 Å². The number of ether oxygens (including phenoxy) is 1. The van der Waals surface area contributed by atoms with E-state index in [0.29, 0.717) is 12.5 Å². The van der Waals surface area contributed by atoms with Crippen molar-refractivity contribution in [3.63, 3.8) is 0 Å². The van der Waals surface area contributed by atoms with Crippen LogP contribution in [0.2, 0.25) is 0 Å². The number of esters is 1. The number of nitrogens with one attached hydrogen (secondary N) is 1. The number of hydrogen-bond acceptors (Lipinski definition) is 5. The van der Waals surface area contributed by atoms with Crippen molar-refractivity contribution in [1.82, 2.24) is 9.97 Å². The minimum absolute atomic E-state index is 0.258. The standard InChI is InChI=1S/C14H15N3O2/c1-19-13(18)8-10-16-14-15-9-7-12(17-14)11-5-3-2-4-6-11/h2-7,9H,8,10H2,1H3,(H,15,16,17). The van der Waals surface area contributed by atoms with Crippen LogP contribution in [0.15, 0.2) is 42.6 Å². The number of carbonyl (C=O) groups is 1. The number of nitrogens with zero attached hydrogens (tertiary/aromatic N) is 2. The molecule has 0 unspecified atom stereocenters. The van der Waals surface area contributed by atoms with Crippen LogP contribution in [0.3, 0.4) is 0 Å². The average molecular weight is 257 g/mol. The van der Waals surface area contributed by atoms with Crippen molar-refractivity contribution >= 4 is 11.9 Å². The first-order chi connectivity index (χ1) is 9.29. The number of carbonyl (C=O) groups excluding carboxylic acids is 1. The zero-order valence-corrected chi connectivity index (χ0v) is 10.7. The number of benzene rings is 1. The first-order valence-corrected chi connectivity index (χ1v) is 5.99. The SMILES string of the molecule is COC(=O)CCNc1nccc(-c2ccccc2)n1. The molecule has 0 radical (unpaired) electrons. The molecule has 0 amide bonds. The Morgan fingerprint density at radius 2 is 2.05 bits per heavy atom. The highest BCUT2D eigenvalue weighted by atomic mass is 16.5. The predicted molar refractivity (Wildman–Crippen MR) is 72.6 cm³/mol. The van der Waals surface area contributed by atoms with Crippen molar-refractivity contribution in [3.05, 3.63) is 42.6 Å². The molecule has 5 nitrogen and oxygen atoms in total. The summed E-state index contributed by atoms with van der Waals surface area (Å²) < 4.78 is 4.56. The quantitative estimate of drug-likeness (QED) is 0.831. The molecule has 19 heavy (non-hydrogen) atoms. The molecule has 0 saturated heterocycles. The average Bonchev–Trinajstić information content (AvgIpc) is 2.48. The topological polar surface area (TPSA) is 64.1 Å². The Bertz CT molecular complexity index is 543. The fourth-order valence-corrected chi connectivity index (χ4v) is 1.59. The lowest BCUT2D eigenvalue weighted by molar-refractivity contribution is -0.140. The third-order valence-electron chi connectivity index (χ3n) is 2.57. The summed E-state index contributed by atoms with van der Waals surface area (Å²) in [7, 11) is 1.37. The molecule has 0 atom stereocenters. The van der Waals surface area contributed by atoms with Gasteiger partial charge in [0.25, 0.3) is 0 Å². The summed E-state index contributed by atoms with van der Waals surface area (Å²) in [5.41, 5.74) is 1.87. The zero-order chi connectivity index (χ0) is 13.5. The molecule has 2 rings (SSSR count). The molecule has 98 valence electrons. The van der Waals surface area contributed by atoms with Gasteiger partial charge >= 0.3 is 5.97 Å². The van der Waals surface area contributed by atoms with Gasteiger partial charge in [-0.15, -0.1) is 0 Å². The normalized spacial score (nSPS) is 9.95. The maximum atomic E-state index is 11.0. The van der Waals surface area contributed by atoms with Crippen LogP contribution < -0.4 is 5.32 Å². The van der Waals surface area contributed by atoms with Crippen LogP contribution in [0.1, 0.15) is 6.42 Å². The van der Waals surface area contributed by atoms with Gasteiger partial charge in [0, 0.05) is 18.3 Å². The van der Waals surface area contributed by atoms with E-state index in [0.717, 1.165) is 11.3 Å². The van der Waals surface area contributed by atoms with E-state index in [1.165, 1.54) is 7.11 Å². The van der Waals surface area contributed by atoms with E-state index in [4.69, 9.17) is 0 Å². The molecule has 1 N–H and O–H groups in total. The lowest BCUT2D eigenvalue weighted by Crippen LogP contribution is -2.11. The molecule has 0 bridgehead atoms. The third-order valence-corrected chi connectivity index (χ3v) is 2.57. The predicted octanol–water partition coefficient (Wildman–Crippen LogP) is 2.12. The minimum atomic E-state index is -0.258. The van der Waals surface area contributed by atoms with Gasteiger partial charge in [-0.3, -0.25) is 4.79 Å². The van der Waals surface area contributed by atoms with Crippen LogP contribution in [0, 0.1) is 0 Å². The van der Waals surface area contributed by atoms with E-state index in [-0.39, 0.29) is 12.4 Å². The third kappa shape index (κ3) is 3.77. The summed E-state index contributed by atoms with van der Waals surface area (Å²) in [6.45, 7) is 0.449. The van der Waals surface area contributed by atoms with Gasteiger partial charge in [0.05, 0.1) is 19.2 Å². The van der Waals surface area contributed by atoms with E-state index < -0.39 is 0 Å². The largest absolute Gasteiger partial charge is 0.469 e. The molecular formula is C14H15N3O2. The Hall–Kier alpha value is -2.43. The fraction of sp³-hybridized carbons (Fsp3) is 0.214. The zero-order valence-electron chi connectivity index (χ0n) is 10.7. The molecule has 0 aliphatic heterocycles. The van der Waals surface area contributed by atoms with Gasteiger partial charge in [-0.2, -0.15) is 0 Å². The van der Waals surface area contributed by atoms with E-state index in [1.807, 2.05) is 36.4 Å². The van der Waals surface area contributed by atoms with Gasteiger partial charge in [0.15, 0.2) is 0 Å². The number of aromatic nitrogens is 2. The van der Waals surface area contributed by atoms with Crippen molar-refractivity contribution in [2.75, 3.05) is 19.0 Å². The van der Waals surface area contributed by atoms with Crippen LogP contribution in [0.25, 0.3) is 11.3 Å². The molecule has 1 aromatic carbocycles. The Morgan fingerprint density at radius 1 is 1.26 bits per heavy atom. The molecule has 0 saturated carbocycles. The Kier molecular flexibility index (Phi) is 4.44. The lowest BCUT2D eigenvalue weighted by Gasteiger charge is -2.05. The Balaban J connectivity index is 2.02. The Labute approximate surface area is 111 Å². The summed E-state index contributed by atoms with van der Waals surface area (Å²) >= 11 is 0. The highest BCUT2D eigenvalue weighted by Crippen LogP contribution is 2.16. The van der Waals surface area contributed by atoms with Crippen molar-refractivity contribution in [3.8, 4) is 11.3 Å². The molecule has 1 aromatic heterocycles. The number of anilines is 1. The first kappa shape index (κ1) is 13.0. The van der Waals surface area contributed by atoms with Gasteiger partial charge in [0.1, 0.15) is 0 Å². The number of hydrogen-bond donors (Lipinski definition) is 1. The van der Waals surface area contributed by atoms with Crippen molar-refractivity contribution in [2.45, 2.75) is 6.42 Å². The van der Waals surface area contributed by atoms with Gasteiger partial charge in [-0.05, 0) is 6.07 Å². The molecular weight excluding hydrogens is 242 g/mol. The van der Waals surface area contributed by atoms with Gasteiger partial charge in [-0.25, -0.2) is 9.97 Å². The first-order valence-electron chi connectivity index (χ1n) is 5.99. The summed E-state index contributed by atoms with van der Waals surface area (Å²) in [5, 5.41) is 3.00. The maximum absolute atomic E-state index is 11.0. The number of rotatable bonds is 5. The highest BCUT2D eigenvalue weighted by molar-refractivity contribution is 5.69. The molecule has 0 aliphatic rings. The van der Waals surface area contributed by atoms with Crippen molar-refractivity contribution in [1.29, 1.82) is 0 Å². The summed E-state index contributed by atoms with van der Waals surface area (Å²) in [4.78, 5) is 19.5. The van der Waals surface area contributed by atoms with Crippen LogP contribution in [0.5, 0.6) is 0 Å². The van der Waals surface area contributed by atoms with E-state index in [2.05, 4.69) is 20.0 Å². The smallest absolute Gasteiger partial charge is 0.307 e. The Morgan fingerprint density at radius 3 is 2.79 bits per heavy atom. The molecule has 0 aliphatic carbocycles. The number of methoxy groups -OCH3 is 1. The van der Waals surface area contributed by atoms with Gasteiger partial charge in [0.2, 0.25) is 5.95 Å². The molecule has 2 aromatic rings. The van der Waals surface area contributed by atoms with Gasteiger partial charge in [-0.1, -0.05) is 30.3 Å².